The van der Waals surface area contributed by atoms with Gasteiger partial charge in [0, 0.05) is 0 Å². The topological polar surface area (TPSA) is 133 Å². The van der Waals surface area contributed by atoms with Crippen molar-refractivity contribution in [2.45, 2.75) is 187 Å². The third-order valence-corrected chi connectivity index (χ3v) is 8.62. The molecule has 0 fully saturated rings. The molecule has 0 spiro atoms. The molecule has 4 N–H and O–H groups in total. The summed E-state index contributed by atoms with van der Waals surface area (Å²) in [5.74, 6) is 0.887. The summed E-state index contributed by atoms with van der Waals surface area (Å²) >= 11 is 0. The zero-order chi connectivity index (χ0) is 33.1. The van der Waals surface area contributed by atoms with Gasteiger partial charge in [-0.15, -0.1) is 0 Å². The molecule has 9 heteroatoms. The van der Waals surface area contributed by atoms with Crippen molar-refractivity contribution in [2.24, 2.45) is 11.8 Å². The Morgan fingerprint density at radius 2 is 1.05 bits per heavy atom. The first-order valence-electron chi connectivity index (χ1n) is 17.9. The Morgan fingerprint density at radius 1 is 0.659 bits per heavy atom. The number of aliphatic hydroxyl groups is 2. The van der Waals surface area contributed by atoms with Crippen LogP contribution in [0.1, 0.15) is 169 Å². The van der Waals surface area contributed by atoms with Crippen LogP contribution in [0.15, 0.2) is 12.2 Å². The molecule has 0 rings (SSSR count). The van der Waals surface area contributed by atoms with Crippen LogP contribution in [0.2, 0.25) is 0 Å². The van der Waals surface area contributed by atoms with Gasteiger partial charge in [-0.3, -0.25) is 9.35 Å². The van der Waals surface area contributed by atoms with Crippen molar-refractivity contribution in [3.8, 4) is 0 Å². The number of unbranched alkanes of at least 4 members (excludes halogenated alkanes) is 17. The highest BCUT2D eigenvalue weighted by Gasteiger charge is 2.25. The van der Waals surface area contributed by atoms with E-state index in [2.05, 4.69) is 37.2 Å². The lowest BCUT2D eigenvalue weighted by atomic mass is 10.0. The van der Waals surface area contributed by atoms with E-state index >= 15 is 0 Å². The Labute approximate surface area is 271 Å². The van der Waals surface area contributed by atoms with E-state index in [1.54, 1.807) is 0 Å². The van der Waals surface area contributed by atoms with Gasteiger partial charge in [0.05, 0.1) is 18.8 Å². The maximum absolute atomic E-state index is 12.6. The number of aliphatic hydroxyl groups excluding tert-OH is 2. The van der Waals surface area contributed by atoms with Crippen LogP contribution < -0.4 is 5.32 Å². The number of amides is 1. The van der Waals surface area contributed by atoms with Crippen molar-refractivity contribution in [3.05, 3.63) is 12.2 Å². The van der Waals surface area contributed by atoms with E-state index in [4.69, 9.17) is 4.55 Å². The van der Waals surface area contributed by atoms with Gasteiger partial charge in [-0.25, -0.2) is 4.18 Å². The van der Waals surface area contributed by atoms with Gasteiger partial charge in [0.15, 0.2) is 0 Å². The first kappa shape index (κ1) is 43.0. The normalized spacial score (nSPS) is 14.5. The summed E-state index contributed by atoms with van der Waals surface area (Å²) in [5.41, 5.74) is 0. The minimum absolute atomic E-state index is 0.289. The van der Waals surface area contributed by atoms with E-state index in [1.807, 2.05) is 6.08 Å². The fraction of sp³-hybridized carbons (Fsp3) is 0.914. The van der Waals surface area contributed by atoms with Gasteiger partial charge in [-0.05, 0) is 31.1 Å². The molecule has 8 nitrogen and oxygen atoms in total. The molecule has 0 aromatic heterocycles. The Hall–Kier alpha value is -1.00. The first-order valence-corrected chi connectivity index (χ1v) is 19.2. The maximum atomic E-state index is 12.6. The average Bonchev–Trinajstić information content (AvgIpc) is 2.95. The number of carbonyl (C=O) groups excluding carboxylic acids is 1. The molecular weight excluding hydrogens is 578 g/mol. The summed E-state index contributed by atoms with van der Waals surface area (Å²) in [6.07, 6.45) is 25.8. The standard InChI is InChI=1S/C35H69NO7S/c1-30(2)25-21-17-13-9-6-5-7-11-15-19-23-27-33(37)32(29-43-44(40,41)42)36-35(39)34(38)28-24-20-16-12-8-10-14-18-22-26-31(3)4/h23,27,30-34,37-38H,5-22,24-26,28-29H2,1-4H3,(H,36,39)(H,40,41,42). The second-order valence-electron chi connectivity index (χ2n) is 13.6. The highest BCUT2D eigenvalue weighted by molar-refractivity contribution is 7.80. The van der Waals surface area contributed by atoms with Crippen molar-refractivity contribution in [3.63, 3.8) is 0 Å². The highest BCUT2D eigenvalue weighted by Crippen LogP contribution is 2.15. The zero-order valence-corrected chi connectivity index (χ0v) is 29.5. The number of allylic oxidation sites excluding steroid dienone is 1. The minimum atomic E-state index is -4.74. The van der Waals surface area contributed by atoms with Gasteiger partial charge in [0.25, 0.3) is 0 Å². The maximum Gasteiger partial charge on any atom is 0.397 e. The summed E-state index contributed by atoms with van der Waals surface area (Å²) < 4.78 is 35.6. The summed E-state index contributed by atoms with van der Waals surface area (Å²) in [7, 11) is -4.74. The lowest BCUT2D eigenvalue weighted by Crippen LogP contribution is -2.49. The van der Waals surface area contributed by atoms with Gasteiger partial charge in [0.2, 0.25) is 5.91 Å². The van der Waals surface area contributed by atoms with Crippen molar-refractivity contribution < 1.29 is 32.2 Å². The number of rotatable bonds is 31. The van der Waals surface area contributed by atoms with Crippen molar-refractivity contribution >= 4 is 16.3 Å². The molecule has 0 aromatic rings. The molecule has 3 unspecified atom stereocenters. The van der Waals surface area contributed by atoms with Crippen molar-refractivity contribution in [2.75, 3.05) is 6.61 Å². The summed E-state index contributed by atoms with van der Waals surface area (Å²) in [6, 6.07) is -1.13. The third-order valence-electron chi connectivity index (χ3n) is 8.18. The molecule has 0 radical (unpaired) electrons. The largest absolute Gasteiger partial charge is 0.397 e. The first-order chi connectivity index (χ1) is 20.9. The Balaban J connectivity index is 4.23. The van der Waals surface area contributed by atoms with Crippen LogP contribution in [0.5, 0.6) is 0 Å². The van der Waals surface area contributed by atoms with Crippen LogP contribution in [0.4, 0.5) is 0 Å². The molecule has 0 saturated heterocycles. The number of hydrogen-bond donors (Lipinski definition) is 4. The lowest BCUT2D eigenvalue weighted by molar-refractivity contribution is -0.131. The van der Waals surface area contributed by atoms with E-state index in [0.717, 1.165) is 50.4 Å². The Kier molecular flexibility index (Phi) is 27.6. The quantitative estimate of drug-likeness (QED) is 0.0337. The smallest absolute Gasteiger partial charge is 0.387 e. The van der Waals surface area contributed by atoms with Crippen LogP contribution in [0.3, 0.4) is 0 Å². The van der Waals surface area contributed by atoms with Gasteiger partial charge in [0.1, 0.15) is 6.10 Å². The SMILES string of the molecule is CC(C)CCCCCCCCCCCC=CC(O)C(COS(=O)(=O)O)NC(=O)C(O)CCCCCCCCCCCC(C)C. The fourth-order valence-electron chi connectivity index (χ4n) is 5.34. The molecule has 0 aliphatic carbocycles. The molecule has 0 aliphatic rings. The molecule has 262 valence electrons. The number of nitrogens with one attached hydrogen (secondary N) is 1. The average molecular weight is 648 g/mol. The molecule has 0 bridgehead atoms. The molecule has 44 heavy (non-hydrogen) atoms. The second kappa shape index (κ2) is 28.2. The predicted molar refractivity (Wildman–Crippen MR) is 182 cm³/mol. The number of hydrogen-bond acceptors (Lipinski definition) is 6. The van der Waals surface area contributed by atoms with E-state index in [-0.39, 0.29) is 6.42 Å². The molecule has 0 saturated carbocycles. The highest BCUT2D eigenvalue weighted by atomic mass is 32.3. The van der Waals surface area contributed by atoms with E-state index in [0.29, 0.717) is 6.42 Å². The van der Waals surface area contributed by atoms with Crippen molar-refractivity contribution in [1.82, 2.24) is 5.32 Å². The molecule has 0 heterocycles. The number of carbonyl (C=O) groups is 1. The van der Waals surface area contributed by atoms with Crippen molar-refractivity contribution in [1.29, 1.82) is 0 Å². The van der Waals surface area contributed by atoms with Gasteiger partial charge >= 0.3 is 10.4 Å². The Bertz CT molecular complexity index is 801. The predicted octanol–water partition coefficient (Wildman–Crippen LogP) is 8.46. The molecule has 1 amide bonds. The zero-order valence-electron chi connectivity index (χ0n) is 28.7. The Morgan fingerprint density at radius 3 is 1.45 bits per heavy atom. The molecule has 0 aromatic carbocycles. The fourth-order valence-corrected chi connectivity index (χ4v) is 5.66. The lowest BCUT2D eigenvalue weighted by Gasteiger charge is -2.23. The molecular formula is C35H69NO7S. The summed E-state index contributed by atoms with van der Waals surface area (Å²) in [4.78, 5) is 12.6. The summed E-state index contributed by atoms with van der Waals surface area (Å²) in [6.45, 7) is 8.44. The van der Waals surface area contributed by atoms with Crippen LogP contribution in [-0.4, -0.2) is 53.9 Å². The van der Waals surface area contributed by atoms with E-state index in [1.165, 1.54) is 96.0 Å². The molecule has 3 atom stereocenters. The molecule has 0 aliphatic heterocycles. The third kappa shape index (κ3) is 29.7. The van der Waals surface area contributed by atoms with E-state index in [9.17, 15) is 23.4 Å². The van der Waals surface area contributed by atoms with Crippen LogP contribution in [0.25, 0.3) is 0 Å². The van der Waals surface area contributed by atoms with Crippen LogP contribution in [-0.2, 0) is 19.4 Å². The monoisotopic (exact) mass is 647 g/mol. The second-order valence-corrected chi connectivity index (χ2v) is 14.7. The summed E-state index contributed by atoms with van der Waals surface area (Å²) in [5, 5.41) is 23.4. The van der Waals surface area contributed by atoms with Crippen LogP contribution in [0, 0.1) is 11.8 Å². The minimum Gasteiger partial charge on any atom is -0.387 e. The van der Waals surface area contributed by atoms with Gasteiger partial charge < -0.3 is 15.5 Å². The van der Waals surface area contributed by atoms with Crippen LogP contribution >= 0.6 is 0 Å². The van der Waals surface area contributed by atoms with Gasteiger partial charge in [-0.1, -0.05) is 162 Å². The van der Waals surface area contributed by atoms with E-state index < -0.39 is 41.2 Å². The van der Waals surface area contributed by atoms with Gasteiger partial charge in [-0.2, -0.15) is 8.42 Å².